The highest BCUT2D eigenvalue weighted by molar-refractivity contribution is 7.87. The van der Waals surface area contributed by atoms with E-state index in [9.17, 15) is 8.42 Å². The quantitative estimate of drug-likeness (QED) is 0.513. The Morgan fingerprint density at radius 1 is 0.833 bits per heavy atom. The first kappa shape index (κ1) is 21.4. The van der Waals surface area contributed by atoms with Gasteiger partial charge in [0.2, 0.25) is 0 Å². The highest BCUT2D eigenvalue weighted by atomic mass is 32.2. The van der Waals surface area contributed by atoms with E-state index < -0.39 is 10.1 Å². The molecule has 0 saturated carbocycles. The molecule has 2 aromatic carbocycles. The van der Waals surface area contributed by atoms with Crippen LogP contribution >= 0.6 is 0 Å². The number of aromatic nitrogens is 1. The fourth-order valence-electron chi connectivity index (χ4n) is 2.79. The van der Waals surface area contributed by atoms with Crippen molar-refractivity contribution in [2.45, 2.75) is 18.7 Å². The van der Waals surface area contributed by atoms with Crippen LogP contribution in [0.15, 0.2) is 59.6 Å². The summed E-state index contributed by atoms with van der Waals surface area (Å²) in [5, 5.41) is 0. The molecule has 6 nitrogen and oxygen atoms in total. The summed E-state index contributed by atoms with van der Waals surface area (Å²) in [6, 6.07) is 13.8. The Kier molecular flexibility index (Phi) is 6.42. The van der Waals surface area contributed by atoms with Gasteiger partial charge in [0.15, 0.2) is 11.5 Å². The van der Waals surface area contributed by atoms with Crippen LogP contribution in [0.2, 0.25) is 0 Å². The molecule has 3 aromatic rings. The first-order valence-electron chi connectivity index (χ1n) is 9.21. The lowest BCUT2D eigenvalue weighted by Crippen LogP contribution is -2.12. The molecule has 0 aliphatic rings. The highest BCUT2D eigenvalue weighted by Gasteiger charge is 2.24. The van der Waals surface area contributed by atoms with Crippen LogP contribution in [-0.4, -0.2) is 27.6 Å². The Bertz CT molecular complexity index is 1170. The topological polar surface area (TPSA) is 74.7 Å². The SMILES string of the molecule is COc1cc(/C=C/c2ccccn2)ccc1OS(=O)(=O)c1cc(C)c(C)cc1OC. The summed E-state index contributed by atoms with van der Waals surface area (Å²) < 4.78 is 41.9. The Hall–Kier alpha value is -3.32. The number of nitrogens with zero attached hydrogens (tertiary/aromatic N) is 1. The number of ether oxygens (including phenoxy) is 2. The summed E-state index contributed by atoms with van der Waals surface area (Å²) in [4.78, 5) is 4.20. The van der Waals surface area contributed by atoms with E-state index in [1.165, 1.54) is 14.2 Å². The third kappa shape index (κ3) is 4.80. The predicted molar refractivity (Wildman–Crippen MR) is 116 cm³/mol. The van der Waals surface area contributed by atoms with Crippen LogP contribution in [-0.2, 0) is 10.1 Å². The molecule has 30 heavy (non-hydrogen) atoms. The van der Waals surface area contributed by atoms with Crippen molar-refractivity contribution in [3.63, 3.8) is 0 Å². The Balaban J connectivity index is 1.91. The molecule has 0 atom stereocenters. The van der Waals surface area contributed by atoms with Crippen molar-refractivity contribution in [3.8, 4) is 17.2 Å². The van der Waals surface area contributed by atoms with E-state index in [1.807, 2.05) is 44.2 Å². The maximum absolute atomic E-state index is 12.9. The average molecular weight is 426 g/mol. The summed E-state index contributed by atoms with van der Waals surface area (Å²) in [5.41, 5.74) is 3.36. The monoisotopic (exact) mass is 425 g/mol. The van der Waals surface area contributed by atoms with Crippen LogP contribution in [0.4, 0.5) is 0 Å². The number of pyridine rings is 1. The van der Waals surface area contributed by atoms with Gasteiger partial charge in [-0.05, 0) is 73.0 Å². The van der Waals surface area contributed by atoms with Crippen LogP contribution in [0.25, 0.3) is 12.2 Å². The van der Waals surface area contributed by atoms with Gasteiger partial charge in [-0.25, -0.2) is 0 Å². The molecule has 0 saturated heterocycles. The highest BCUT2D eigenvalue weighted by Crippen LogP contribution is 2.34. The number of aryl methyl sites for hydroxylation is 2. The van der Waals surface area contributed by atoms with Crippen molar-refractivity contribution in [1.82, 2.24) is 4.98 Å². The van der Waals surface area contributed by atoms with Gasteiger partial charge in [-0.1, -0.05) is 18.2 Å². The van der Waals surface area contributed by atoms with E-state index in [0.29, 0.717) is 5.75 Å². The van der Waals surface area contributed by atoms with Crippen LogP contribution < -0.4 is 13.7 Å². The van der Waals surface area contributed by atoms with Crippen molar-refractivity contribution in [2.75, 3.05) is 14.2 Å². The molecule has 0 radical (unpaired) electrons. The molecule has 3 rings (SSSR count). The van der Waals surface area contributed by atoms with Crippen molar-refractivity contribution >= 4 is 22.3 Å². The van der Waals surface area contributed by atoms with Crippen molar-refractivity contribution in [1.29, 1.82) is 0 Å². The summed E-state index contributed by atoms with van der Waals surface area (Å²) in [6.07, 6.45) is 5.42. The van der Waals surface area contributed by atoms with Gasteiger partial charge in [-0.15, -0.1) is 0 Å². The zero-order chi connectivity index (χ0) is 21.7. The number of methoxy groups -OCH3 is 2. The van der Waals surface area contributed by atoms with Gasteiger partial charge in [0.05, 0.1) is 19.9 Å². The Labute approximate surface area is 176 Å². The molecular weight excluding hydrogens is 402 g/mol. The number of hydrogen-bond donors (Lipinski definition) is 0. The normalized spacial score (nSPS) is 11.5. The first-order valence-corrected chi connectivity index (χ1v) is 10.6. The van der Waals surface area contributed by atoms with E-state index in [0.717, 1.165) is 22.4 Å². The molecule has 7 heteroatoms. The summed E-state index contributed by atoms with van der Waals surface area (Å²) in [7, 11) is -1.25. The van der Waals surface area contributed by atoms with Gasteiger partial charge >= 0.3 is 10.1 Å². The maximum Gasteiger partial charge on any atom is 0.343 e. The fraction of sp³-hybridized carbons (Fsp3) is 0.174. The minimum absolute atomic E-state index is 0.0331. The molecule has 0 fully saturated rings. The zero-order valence-corrected chi connectivity index (χ0v) is 18.1. The number of benzene rings is 2. The molecular formula is C23H23NO5S. The van der Waals surface area contributed by atoms with E-state index in [4.69, 9.17) is 13.7 Å². The van der Waals surface area contributed by atoms with E-state index in [1.54, 1.807) is 36.5 Å². The smallest absolute Gasteiger partial charge is 0.343 e. The molecule has 0 N–H and O–H groups in total. The molecule has 0 aliphatic heterocycles. The molecule has 0 unspecified atom stereocenters. The molecule has 0 spiro atoms. The van der Waals surface area contributed by atoms with Gasteiger partial charge in [-0.2, -0.15) is 8.42 Å². The van der Waals surface area contributed by atoms with Gasteiger partial charge in [-0.3, -0.25) is 4.98 Å². The van der Waals surface area contributed by atoms with Gasteiger partial charge in [0.1, 0.15) is 10.6 Å². The van der Waals surface area contributed by atoms with Crippen LogP contribution in [0.5, 0.6) is 17.2 Å². The summed E-state index contributed by atoms with van der Waals surface area (Å²) in [5.74, 6) is 0.615. The molecule has 1 aromatic heterocycles. The Morgan fingerprint density at radius 3 is 2.23 bits per heavy atom. The second-order valence-corrected chi connectivity index (χ2v) is 8.14. The van der Waals surface area contributed by atoms with Crippen LogP contribution in [0, 0.1) is 13.8 Å². The Morgan fingerprint density at radius 2 is 1.57 bits per heavy atom. The minimum Gasteiger partial charge on any atom is -0.495 e. The summed E-state index contributed by atoms with van der Waals surface area (Å²) in [6.45, 7) is 3.71. The van der Waals surface area contributed by atoms with E-state index in [-0.39, 0.29) is 16.4 Å². The van der Waals surface area contributed by atoms with Crippen LogP contribution in [0.1, 0.15) is 22.4 Å². The second kappa shape index (κ2) is 9.00. The van der Waals surface area contributed by atoms with Gasteiger partial charge in [0.25, 0.3) is 0 Å². The van der Waals surface area contributed by atoms with E-state index in [2.05, 4.69) is 4.98 Å². The molecule has 0 amide bonds. The predicted octanol–water partition coefficient (Wildman–Crippen LogP) is 4.65. The summed E-state index contributed by atoms with van der Waals surface area (Å²) >= 11 is 0. The molecule has 156 valence electrons. The van der Waals surface area contributed by atoms with Gasteiger partial charge < -0.3 is 13.7 Å². The maximum atomic E-state index is 12.9. The lowest BCUT2D eigenvalue weighted by Gasteiger charge is -2.14. The molecule has 1 heterocycles. The first-order chi connectivity index (χ1) is 14.3. The standard InChI is InChI=1S/C23H23NO5S/c1-16-13-22(28-4)23(14-17(16)2)30(25,26)29-20-11-9-18(15-21(20)27-3)8-10-19-7-5-6-12-24-19/h5-15H,1-4H3/b10-8+. The van der Waals surface area contributed by atoms with Crippen molar-refractivity contribution in [3.05, 3.63) is 77.1 Å². The van der Waals surface area contributed by atoms with Crippen molar-refractivity contribution < 1.29 is 22.1 Å². The second-order valence-electron chi connectivity index (χ2n) is 6.62. The minimum atomic E-state index is -4.13. The van der Waals surface area contributed by atoms with Gasteiger partial charge in [0, 0.05) is 6.20 Å². The largest absolute Gasteiger partial charge is 0.495 e. The number of rotatable bonds is 7. The lowest BCUT2D eigenvalue weighted by atomic mass is 10.1. The third-order valence-electron chi connectivity index (χ3n) is 4.57. The molecule has 0 aliphatic carbocycles. The average Bonchev–Trinajstić information content (AvgIpc) is 2.75. The number of hydrogen-bond acceptors (Lipinski definition) is 6. The lowest BCUT2D eigenvalue weighted by molar-refractivity contribution is 0.384. The zero-order valence-electron chi connectivity index (χ0n) is 17.2. The fourth-order valence-corrected chi connectivity index (χ4v) is 3.97. The van der Waals surface area contributed by atoms with Crippen molar-refractivity contribution in [2.24, 2.45) is 0 Å². The third-order valence-corrected chi connectivity index (χ3v) is 5.83. The molecule has 0 bridgehead atoms. The van der Waals surface area contributed by atoms with Crippen LogP contribution in [0.3, 0.4) is 0 Å². The van der Waals surface area contributed by atoms with E-state index >= 15 is 0 Å².